The molecule has 3 aromatic rings. The number of nitrogens with zero attached hydrogens (tertiary/aromatic N) is 3. The number of carbonyl (C=O) groups excluding carboxylic acids is 2. The molecule has 2 heterocycles. The van der Waals surface area contributed by atoms with Crippen molar-refractivity contribution < 1.29 is 9.59 Å². The predicted octanol–water partition coefficient (Wildman–Crippen LogP) is 4.14. The van der Waals surface area contributed by atoms with Crippen molar-refractivity contribution in [1.82, 2.24) is 9.58 Å². The van der Waals surface area contributed by atoms with Gasteiger partial charge in [-0.3, -0.25) is 9.59 Å². The van der Waals surface area contributed by atoms with E-state index in [0.29, 0.717) is 0 Å². The van der Waals surface area contributed by atoms with Gasteiger partial charge in [-0.05, 0) is 36.8 Å². The van der Waals surface area contributed by atoms with Crippen LogP contribution in [0.5, 0.6) is 0 Å². The van der Waals surface area contributed by atoms with Crippen LogP contribution in [0.1, 0.15) is 23.1 Å². The topological polar surface area (TPSA) is 54.7 Å². The van der Waals surface area contributed by atoms with Crippen LogP contribution in [-0.4, -0.2) is 27.6 Å². The Bertz CT molecular complexity index is 1240. The minimum absolute atomic E-state index is 0.147. The normalized spacial score (nSPS) is 26.7. The van der Waals surface area contributed by atoms with E-state index < -0.39 is 0 Å². The summed E-state index contributed by atoms with van der Waals surface area (Å²) < 4.78 is 2.19. The fourth-order valence-corrected chi connectivity index (χ4v) is 5.52. The van der Waals surface area contributed by atoms with E-state index in [1.807, 2.05) is 18.3 Å². The van der Waals surface area contributed by atoms with Gasteiger partial charge in [-0.1, -0.05) is 60.2 Å². The fraction of sp³-hybridized carbons (Fsp3) is 0.269. The minimum Gasteiger partial charge on any atom is -0.342 e. The number of allylic oxidation sites excluding steroid dienone is 2. The minimum atomic E-state index is -0.220. The second kappa shape index (κ2) is 6.77. The van der Waals surface area contributed by atoms with Crippen LogP contribution >= 0.6 is 0 Å². The molecule has 0 radical (unpaired) electrons. The van der Waals surface area contributed by atoms with Crippen molar-refractivity contribution in [2.45, 2.75) is 19.9 Å². The lowest BCUT2D eigenvalue weighted by Crippen LogP contribution is -2.28. The predicted molar refractivity (Wildman–Crippen MR) is 119 cm³/mol. The quantitative estimate of drug-likeness (QED) is 0.369. The molecule has 5 heteroatoms. The molecule has 4 atom stereocenters. The Balaban J connectivity index is 1.31. The van der Waals surface area contributed by atoms with Gasteiger partial charge in [0.05, 0.1) is 18.1 Å². The Morgan fingerprint density at radius 2 is 1.65 bits per heavy atom. The molecule has 2 aromatic carbocycles. The van der Waals surface area contributed by atoms with Crippen LogP contribution in [0.2, 0.25) is 0 Å². The summed E-state index contributed by atoms with van der Waals surface area (Å²) in [6, 6.07) is 16.7. The number of fused-ring (bicyclic) bond motifs is 6. The first-order chi connectivity index (χ1) is 15.1. The molecule has 1 aromatic heterocycles. The Hall–Kier alpha value is -3.47. The van der Waals surface area contributed by atoms with Crippen molar-refractivity contribution in [2.75, 3.05) is 0 Å². The van der Waals surface area contributed by atoms with Gasteiger partial charge in [0.25, 0.3) is 11.8 Å². The largest absolute Gasteiger partial charge is 0.342 e. The fourth-order valence-electron chi connectivity index (χ4n) is 5.52. The molecule has 154 valence electrons. The molecular weight excluding hydrogens is 386 g/mol. The van der Waals surface area contributed by atoms with Crippen LogP contribution in [0.15, 0.2) is 72.0 Å². The Labute approximate surface area is 180 Å². The highest BCUT2D eigenvalue weighted by Gasteiger charge is 2.59. The number of aromatic nitrogens is 1. The second-order valence-electron chi connectivity index (χ2n) is 8.95. The zero-order chi connectivity index (χ0) is 21.1. The first kappa shape index (κ1) is 18.3. The maximum atomic E-state index is 12.9. The van der Waals surface area contributed by atoms with Gasteiger partial charge in [0.2, 0.25) is 0 Å². The summed E-state index contributed by atoms with van der Waals surface area (Å²) in [5.74, 6) is -0.339. The van der Waals surface area contributed by atoms with Gasteiger partial charge in [-0.2, -0.15) is 10.1 Å². The first-order valence-corrected chi connectivity index (χ1v) is 10.8. The summed E-state index contributed by atoms with van der Waals surface area (Å²) in [5, 5.41) is 6.56. The smallest absolute Gasteiger partial charge is 0.254 e. The van der Waals surface area contributed by atoms with E-state index in [4.69, 9.17) is 0 Å². The lowest BCUT2D eigenvalue weighted by Gasteiger charge is -2.13. The van der Waals surface area contributed by atoms with Crippen LogP contribution in [-0.2, 0) is 16.1 Å². The average Bonchev–Trinajstić information content (AvgIpc) is 3.53. The van der Waals surface area contributed by atoms with Crippen molar-refractivity contribution in [3.63, 3.8) is 0 Å². The molecule has 0 spiro atoms. The van der Waals surface area contributed by atoms with E-state index in [0.717, 1.165) is 34.4 Å². The molecule has 1 saturated carbocycles. The molecule has 1 saturated heterocycles. The number of hydrazone groups is 1. The van der Waals surface area contributed by atoms with Crippen molar-refractivity contribution in [2.24, 2.45) is 28.8 Å². The lowest BCUT2D eigenvalue weighted by atomic mass is 9.85. The Kier molecular flexibility index (Phi) is 4.00. The molecule has 3 aliphatic rings. The van der Waals surface area contributed by atoms with Gasteiger partial charge < -0.3 is 4.57 Å². The molecule has 5 nitrogen and oxygen atoms in total. The zero-order valence-corrected chi connectivity index (χ0v) is 17.3. The molecule has 31 heavy (non-hydrogen) atoms. The third-order valence-electron chi connectivity index (χ3n) is 7.05. The van der Waals surface area contributed by atoms with Gasteiger partial charge in [-0.25, -0.2) is 0 Å². The number of hydrogen-bond donors (Lipinski definition) is 0. The number of carbonyl (C=O) groups is 2. The molecule has 2 fully saturated rings. The van der Waals surface area contributed by atoms with Gasteiger partial charge in [-0.15, -0.1) is 0 Å². The molecule has 0 unspecified atom stereocenters. The van der Waals surface area contributed by atoms with Crippen molar-refractivity contribution >= 4 is 28.9 Å². The van der Waals surface area contributed by atoms with Gasteiger partial charge in [0.1, 0.15) is 0 Å². The third-order valence-corrected chi connectivity index (χ3v) is 7.05. The first-order valence-electron chi connectivity index (χ1n) is 10.8. The molecule has 1 aliphatic heterocycles. The Morgan fingerprint density at radius 3 is 2.35 bits per heavy atom. The van der Waals surface area contributed by atoms with E-state index in [-0.39, 0.29) is 35.5 Å². The van der Waals surface area contributed by atoms with Crippen molar-refractivity contribution in [3.8, 4) is 0 Å². The summed E-state index contributed by atoms with van der Waals surface area (Å²) in [4.78, 5) is 25.8. The van der Waals surface area contributed by atoms with E-state index in [1.165, 1.54) is 11.1 Å². The van der Waals surface area contributed by atoms with Crippen LogP contribution in [0.3, 0.4) is 0 Å². The maximum Gasteiger partial charge on any atom is 0.254 e. The number of amides is 2. The summed E-state index contributed by atoms with van der Waals surface area (Å²) >= 11 is 0. The second-order valence-corrected chi connectivity index (χ2v) is 8.95. The number of benzene rings is 2. The van der Waals surface area contributed by atoms with Crippen LogP contribution in [0.4, 0.5) is 0 Å². The van der Waals surface area contributed by atoms with Gasteiger partial charge in [0, 0.05) is 29.2 Å². The van der Waals surface area contributed by atoms with Crippen molar-refractivity contribution in [1.29, 1.82) is 0 Å². The van der Waals surface area contributed by atoms with Gasteiger partial charge >= 0.3 is 0 Å². The Morgan fingerprint density at radius 1 is 0.968 bits per heavy atom. The molecule has 0 N–H and O–H groups in total. The van der Waals surface area contributed by atoms with Crippen LogP contribution in [0.25, 0.3) is 10.9 Å². The molecule has 2 bridgehead atoms. The van der Waals surface area contributed by atoms with Crippen molar-refractivity contribution in [3.05, 3.63) is 83.6 Å². The average molecular weight is 409 g/mol. The van der Waals surface area contributed by atoms with E-state index >= 15 is 0 Å². The molecular formula is C26H23N3O2. The molecule has 2 aliphatic carbocycles. The molecule has 2 amide bonds. The highest BCUT2D eigenvalue weighted by atomic mass is 16.2. The third kappa shape index (κ3) is 2.80. The number of aryl methyl sites for hydroxylation is 1. The number of para-hydroxylation sites is 1. The highest BCUT2D eigenvalue weighted by molar-refractivity contribution is 6.07. The van der Waals surface area contributed by atoms with E-state index in [9.17, 15) is 9.59 Å². The number of hydrogen-bond acceptors (Lipinski definition) is 3. The standard InChI is InChI=1S/C26H23N3O2/c1-16-6-8-17(9-7-16)14-28-15-20(21-4-2-3-5-22(21)28)13-27-29-25(30)23-18-10-11-19(12-18)24(23)26(29)31/h2-11,13,15,18-19,23-24H,12,14H2,1H3/b27-13-/t18-,19-,23-,24-/m0/s1. The number of imide groups is 1. The SMILES string of the molecule is Cc1ccc(Cn2cc(/C=N\N3C(=O)[C@@H]4[C@@H](C3=O)[C@H]3C=C[C@H]4C3)c3ccccc32)cc1. The summed E-state index contributed by atoms with van der Waals surface area (Å²) in [7, 11) is 0. The van der Waals surface area contributed by atoms with Crippen LogP contribution in [0, 0.1) is 30.6 Å². The maximum absolute atomic E-state index is 12.9. The van der Waals surface area contributed by atoms with Crippen LogP contribution < -0.4 is 0 Å². The van der Waals surface area contributed by atoms with E-state index in [1.54, 1.807) is 6.21 Å². The zero-order valence-electron chi connectivity index (χ0n) is 17.3. The lowest BCUT2D eigenvalue weighted by molar-refractivity contribution is -0.140. The van der Waals surface area contributed by atoms with E-state index in [2.05, 4.69) is 65.1 Å². The summed E-state index contributed by atoms with van der Waals surface area (Å²) in [6.07, 6.45) is 8.84. The summed E-state index contributed by atoms with van der Waals surface area (Å²) in [6.45, 7) is 2.83. The van der Waals surface area contributed by atoms with Gasteiger partial charge in [0.15, 0.2) is 0 Å². The summed E-state index contributed by atoms with van der Waals surface area (Å²) in [5.41, 5.74) is 4.46. The number of rotatable bonds is 4. The monoisotopic (exact) mass is 409 g/mol. The molecule has 6 rings (SSSR count). The highest BCUT2D eigenvalue weighted by Crippen LogP contribution is 2.52.